The van der Waals surface area contributed by atoms with E-state index in [0.717, 1.165) is 25.7 Å². The van der Waals surface area contributed by atoms with Crippen molar-refractivity contribution < 1.29 is 19.1 Å². The third-order valence-corrected chi connectivity index (χ3v) is 4.79. The van der Waals surface area contributed by atoms with E-state index in [2.05, 4.69) is 15.6 Å². The highest BCUT2D eigenvalue weighted by molar-refractivity contribution is 5.89. The fourth-order valence-electron chi connectivity index (χ4n) is 3.49. The maximum atomic E-state index is 12.2. The summed E-state index contributed by atoms with van der Waals surface area (Å²) in [5.74, 6) is -0.543. The molecule has 2 aliphatic rings. The zero-order chi connectivity index (χ0) is 19.7. The molecule has 1 amide bonds. The Bertz CT molecular complexity index is 516. The molecule has 2 saturated carbocycles. The number of amides is 1. The van der Waals surface area contributed by atoms with Crippen molar-refractivity contribution in [2.45, 2.75) is 103 Å². The molecule has 0 unspecified atom stereocenters. The lowest BCUT2D eigenvalue weighted by Crippen LogP contribution is -2.42. The van der Waals surface area contributed by atoms with Crippen LogP contribution in [0.1, 0.15) is 85.0 Å². The summed E-state index contributed by atoms with van der Waals surface area (Å²) in [6.07, 6.45) is 10.8. The van der Waals surface area contributed by atoms with Gasteiger partial charge in [-0.1, -0.05) is 38.5 Å². The number of nitrogens with one attached hydrogen (secondary N) is 2. The van der Waals surface area contributed by atoms with E-state index < -0.39 is 17.7 Å². The van der Waals surface area contributed by atoms with Gasteiger partial charge in [0.15, 0.2) is 0 Å². The van der Waals surface area contributed by atoms with Crippen molar-refractivity contribution in [2.24, 2.45) is 4.99 Å². The topological polar surface area (TPSA) is 89.0 Å². The maximum Gasteiger partial charge on any atom is 0.408 e. The third-order valence-electron chi connectivity index (χ3n) is 4.79. The number of rotatable bonds is 4. The quantitative estimate of drug-likeness (QED) is 0.441. The fourth-order valence-corrected chi connectivity index (χ4v) is 3.49. The van der Waals surface area contributed by atoms with Crippen LogP contribution in [0.4, 0.5) is 4.79 Å². The van der Waals surface area contributed by atoms with Crippen molar-refractivity contribution in [1.82, 2.24) is 10.6 Å². The summed E-state index contributed by atoms with van der Waals surface area (Å²) in [6.45, 7) is 5.07. The van der Waals surface area contributed by atoms with Crippen LogP contribution in [0.2, 0.25) is 0 Å². The summed E-state index contributed by atoms with van der Waals surface area (Å²) in [5, 5.41) is 5.76. The number of alkyl carbamates (subject to hydrolysis) is 1. The Morgan fingerprint density at radius 2 is 1.56 bits per heavy atom. The maximum absolute atomic E-state index is 12.2. The summed E-state index contributed by atoms with van der Waals surface area (Å²) in [6, 6.07) is 0.814. The molecule has 0 saturated heterocycles. The van der Waals surface area contributed by atoms with Crippen molar-refractivity contribution >= 4 is 18.1 Å². The van der Waals surface area contributed by atoms with Gasteiger partial charge in [-0.2, -0.15) is 0 Å². The van der Waals surface area contributed by atoms with Crippen molar-refractivity contribution in [3.63, 3.8) is 0 Å². The summed E-state index contributed by atoms with van der Waals surface area (Å²) in [4.78, 5) is 28.6. The molecule has 0 heterocycles. The van der Waals surface area contributed by atoms with Gasteiger partial charge in [-0.15, -0.1) is 0 Å². The van der Waals surface area contributed by atoms with Crippen LogP contribution in [0.15, 0.2) is 4.99 Å². The van der Waals surface area contributed by atoms with Crippen LogP contribution >= 0.6 is 0 Å². The number of aliphatic imine (C=N–C) groups is 1. The summed E-state index contributed by atoms with van der Waals surface area (Å²) < 4.78 is 10.6. The van der Waals surface area contributed by atoms with Gasteiger partial charge in [0.2, 0.25) is 0 Å². The van der Waals surface area contributed by atoms with Crippen LogP contribution in [-0.2, 0) is 14.3 Å². The van der Waals surface area contributed by atoms with Crippen LogP contribution in [0.3, 0.4) is 0 Å². The molecule has 0 radical (unpaired) electrons. The van der Waals surface area contributed by atoms with E-state index in [-0.39, 0.29) is 12.6 Å². The standard InChI is InChI=1S/C20H35N3O4/c1-20(2,3)27-19(25)21-14-17(24)26-18(22-15-10-6-4-7-11-15)23-16-12-8-5-9-13-16/h15-16H,4-14H2,1-3H3,(H,21,25)(H,22,23). The summed E-state index contributed by atoms with van der Waals surface area (Å²) in [5.41, 5.74) is -0.607. The first-order valence-corrected chi connectivity index (χ1v) is 10.3. The summed E-state index contributed by atoms with van der Waals surface area (Å²) in [7, 11) is 0. The van der Waals surface area contributed by atoms with Crippen LogP contribution in [0.5, 0.6) is 0 Å². The van der Waals surface area contributed by atoms with Gasteiger partial charge in [-0.3, -0.25) is 0 Å². The number of ether oxygens (including phenoxy) is 2. The van der Waals surface area contributed by atoms with E-state index in [1.807, 2.05) is 0 Å². The predicted octanol–water partition coefficient (Wildman–Crippen LogP) is 3.67. The second-order valence-corrected chi connectivity index (χ2v) is 8.53. The van der Waals surface area contributed by atoms with Crippen LogP contribution in [0, 0.1) is 0 Å². The van der Waals surface area contributed by atoms with E-state index in [1.54, 1.807) is 20.8 Å². The minimum atomic E-state index is -0.634. The average Bonchev–Trinajstić information content (AvgIpc) is 2.60. The van der Waals surface area contributed by atoms with Gasteiger partial charge in [0, 0.05) is 6.04 Å². The first-order valence-electron chi connectivity index (χ1n) is 10.3. The molecule has 2 rings (SSSR count). The average molecular weight is 382 g/mol. The van der Waals surface area contributed by atoms with Crippen molar-refractivity contribution in [1.29, 1.82) is 0 Å². The Hall–Kier alpha value is -1.79. The SMILES string of the molecule is CC(C)(C)OC(=O)NCC(=O)OC(=NC1CCCCC1)NC1CCCCC1. The van der Waals surface area contributed by atoms with Gasteiger partial charge in [0.25, 0.3) is 6.02 Å². The highest BCUT2D eigenvalue weighted by atomic mass is 16.6. The largest absolute Gasteiger partial charge is 0.444 e. The van der Waals surface area contributed by atoms with E-state index in [0.29, 0.717) is 12.1 Å². The first-order chi connectivity index (χ1) is 12.8. The van der Waals surface area contributed by atoms with E-state index in [4.69, 9.17) is 9.47 Å². The molecular weight excluding hydrogens is 346 g/mol. The second kappa shape index (κ2) is 10.5. The predicted molar refractivity (Wildman–Crippen MR) is 105 cm³/mol. The molecule has 7 nitrogen and oxygen atoms in total. The molecular formula is C20H35N3O4. The molecule has 0 aliphatic heterocycles. The third kappa shape index (κ3) is 9.11. The van der Waals surface area contributed by atoms with Gasteiger partial charge in [-0.05, 0) is 46.5 Å². The second-order valence-electron chi connectivity index (χ2n) is 8.53. The number of hydrogen-bond donors (Lipinski definition) is 2. The Balaban J connectivity index is 1.88. The normalized spacial score (nSPS) is 20.0. The fraction of sp³-hybridized carbons (Fsp3) is 0.850. The number of hydrogen-bond acceptors (Lipinski definition) is 5. The molecule has 27 heavy (non-hydrogen) atoms. The first kappa shape index (κ1) is 21.5. The number of amidine groups is 1. The van der Waals surface area contributed by atoms with Gasteiger partial charge in [0.1, 0.15) is 12.1 Å². The molecule has 0 aromatic rings. The van der Waals surface area contributed by atoms with Crippen molar-refractivity contribution in [3.8, 4) is 0 Å². The zero-order valence-electron chi connectivity index (χ0n) is 17.0. The monoisotopic (exact) mass is 381 g/mol. The number of nitrogens with zero attached hydrogens (tertiary/aromatic N) is 1. The molecule has 0 spiro atoms. The van der Waals surface area contributed by atoms with E-state index in [1.165, 1.54) is 38.5 Å². The Morgan fingerprint density at radius 3 is 2.15 bits per heavy atom. The Morgan fingerprint density at radius 1 is 0.963 bits per heavy atom. The highest BCUT2D eigenvalue weighted by Crippen LogP contribution is 2.21. The van der Waals surface area contributed by atoms with Crippen LogP contribution in [-0.4, -0.2) is 42.3 Å². The van der Waals surface area contributed by atoms with E-state index >= 15 is 0 Å². The number of esters is 1. The molecule has 0 atom stereocenters. The lowest BCUT2D eigenvalue weighted by molar-refractivity contribution is -0.134. The smallest absolute Gasteiger partial charge is 0.408 e. The molecule has 0 bridgehead atoms. The van der Waals surface area contributed by atoms with E-state index in [9.17, 15) is 9.59 Å². The lowest BCUT2D eigenvalue weighted by Gasteiger charge is -2.25. The zero-order valence-corrected chi connectivity index (χ0v) is 17.0. The summed E-state index contributed by atoms with van der Waals surface area (Å²) >= 11 is 0. The molecule has 154 valence electrons. The lowest BCUT2D eigenvalue weighted by atomic mass is 9.95. The molecule has 0 aromatic heterocycles. The Kier molecular flexibility index (Phi) is 8.38. The van der Waals surface area contributed by atoms with Crippen LogP contribution < -0.4 is 10.6 Å². The minimum Gasteiger partial charge on any atom is -0.444 e. The van der Waals surface area contributed by atoms with Gasteiger partial charge in [0.05, 0.1) is 6.04 Å². The molecule has 7 heteroatoms. The Labute approximate surface area is 162 Å². The van der Waals surface area contributed by atoms with Crippen LogP contribution in [0.25, 0.3) is 0 Å². The van der Waals surface area contributed by atoms with Crippen molar-refractivity contribution in [3.05, 3.63) is 0 Å². The van der Waals surface area contributed by atoms with Gasteiger partial charge in [-0.25, -0.2) is 14.6 Å². The van der Waals surface area contributed by atoms with Gasteiger partial charge < -0.3 is 20.1 Å². The minimum absolute atomic E-state index is 0.205. The molecule has 0 aromatic carbocycles. The molecule has 2 N–H and O–H groups in total. The number of carbonyl (C=O) groups is 2. The van der Waals surface area contributed by atoms with Crippen molar-refractivity contribution in [2.75, 3.05) is 6.54 Å². The molecule has 2 aliphatic carbocycles. The highest BCUT2D eigenvalue weighted by Gasteiger charge is 2.21. The molecule has 2 fully saturated rings. The van der Waals surface area contributed by atoms with Gasteiger partial charge >= 0.3 is 12.1 Å². The number of carbonyl (C=O) groups excluding carboxylic acids is 2.